The minimum atomic E-state index is -1.68. The number of ether oxygens (including phenoxy) is 1. The van der Waals surface area contributed by atoms with Gasteiger partial charge >= 0.3 is 7.12 Å². The van der Waals surface area contributed by atoms with Gasteiger partial charge in [0, 0.05) is 5.46 Å². The molecule has 0 spiro atoms. The van der Waals surface area contributed by atoms with Crippen LogP contribution in [-0.4, -0.2) is 28.9 Å². The van der Waals surface area contributed by atoms with E-state index in [0.29, 0.717) is 6.61 Å². The van der Waals surface area contributed by atoms with E-state index in [1.54, 1.807) is 19.1 Å². The third-order valence-corrected chi connectivity index (χ3v) is 1.61. The quantitative estimate of drug-likeness (QED) is 0.549. The lowest BCUT2D eigenvalue weighted by Crippen LogP contribution is -2.30. The minimum absolute atomic E-state index is 0.0472. The van der Waals surface area contributed by atoms with Gasteiger partial charge in [-0.05, 0) is 13.0 Å². The maximum absolute atomic E-state index is 9.45. The Morgan fingerprint density at radius 2 is 2.08 bits per heavy atom. The first-order valence-electron chi connectivity index (χ1n) is 3.97. The van der Waals surface area contributed by atoms with Crippen LogP contribution in [0, 0.1) is 0 Å². The lowest BCUT2D eigenvalue weighted by molar-refractivity contribution is 0.318. The molecule has 0 saturated carbocycles. The van der Waals surface area contributed by atoms with Crippen LogP contribution in [0.3, 0.4) is 0 Å². The molecule has 0 radical (unpaired) electrons. The molecule has 1 aromatic carbocycles. The predicted octanol–water partition coefficient (Wildman–Crippen LogP) is -0.529. The van der Waals surface area contributed by atoms with Crippen LogP contribution in [0.15, 0.2) is 18.2 Å². The maximum atomic E-state index is 9.45. The van der Waals surface area contributed by atoms with E-state index < -0.39 is 7.12 Å². The largest absolute Gasteiger partial charge is 0.505 e. The molecule has 13 heavy (non-hydrogen) atoms. The number of phenolic OH excluding ortho intramolecular Hbond substituents is 1. The molecule has 1 aromatic rings. The van der Waals surface area contributed by atoms with E-state index in [2.05, 4.69) is 0 Å². The second kappa shape index (κ2) is 4.16. The number of para-hydroxylation sites is 1. The van der Waals surface area contributed by atoms with E-state index in [4.69, 9.17) is 14.8 Å². The number of aromatic hydroxyl groups is 1. The van der Waals surface area contributed by atoms with Crippen molar-refractivity contribution in [2.24, 2.45) is 0 Å². The Bertz CT molecular complexity index is 287. The average Bonchev–Trinajstić information content (AvgIpc) is 2.08. The molecule has 1 rings (SSSR count). The summed E-state index contributed by atoms with van der Waals surface area (Å²) in [6.07, 6.45) is 0. The molecule has 0 fully saturated rings. The number of phenols is 1. The van der Waals surface area contributed by atoms with Gasteiger partial charge in [-0.15, -0.1) is 0 Å². The number of hydrogen-bond acceptors (Lipinski definition) is 4. The van der Waals surface area contributed by atoms with E-state index in [9.17, 15) is 5.11 Å². The SMILES string of the molecule is CCOc1cccc(B(O)O)c1O. The van der Waals surface area contributed by atoms with E-state index in [-0.39, 0.29) is 17.0 Å². The molecule has 0 aromatic heterocycles. The number of benzene rings is 1. The van der Waals surface area contributed by atoms with Gasteiger partial charge in [0.1, 0.15) is 0 Å². The van der Waals surface area contributed by atoms with Crippen molar-refractivity contribution in [2.45, 2.75) is 6.92 Å². The molecule has 70 valence electrons. The molecule has 0 heterocycles. The van der Waals surface area contributed by atoms with E-state index in [1.807, 2.05) is 0 Å². The summed E-state index contributed by atoms with van der Waals surface area (Å²) in [5.41, 5.74) is 0.0472. The Balaban J connectivity index is 3.03. The van der Waals surface area contributed by atoms with E-state index in [1.165, 1.54) is 6.07 Å². The fourth-order valence-corrected chi connectivity index (χ4v) is 1.02. The molecule has 0 unspecified atom stereocenters. The highest BCUT2D eigenvalue weighted by molar-refractivity contribution is 6.59. The average molecular weight is 182 g/mol. The van der Waals surface area contributed by atoms with Crippen LogP contribution in [0.1, 0.15) is 6.92 Å². The first-order chi connectivity index (χ1) is 6.16. The summed E-state index contributed by atoms with van der Waals surface area (Å²) in [4.78, 5) is 0. The Morgan fingerprint density at radius 1 is 1.38 bits per heavy atom. The highest BCUT2D eigenvalue weighted by Gasteiger charge is 2.18. The molecule has 0 atom stereocenters. The third kappa shape index (κ3) is 2.14. The first-order valence-corrected chi connectivity index (χ1v) is 3.97. The van der Waals surface area contributed by atoms with Crippen LogP contribution in [-0.2, 0) is 0 Å². The standard InChI is InChI=1S/C8H11BO4/c1-2-13-7-5-3-4-6(8(7)10)9(11)12/h3-5,10-12H,2H2,1H3. The maximum Gasteiger partial charge on any atom is 0.492 e. The van der Waals surface area contributed by atoms with Crippen LogP contribution in [0.2, 0.25) is 0 Å². The lowest BCUT2D eigenvalue weighted by atomic mass is 9.79. The molecule has 3 N–H and O–H groups in total. The van der Waals surface area contributed by atoms with Gasteiger partial charge in [-0.3, -0.25) is 0 Å². The molecule has 0 bridgehead atoms. The highest BCUT2D eigenvalue weighted by atomic mass is 16.5. The Morgan fingerprint density at radius 3 is 2.62 bits per heavy atom. The lowest BCUT2D eigenvalue weighted by Gasteiger charge is -2.08. The van der Waals surface area contributed by atoms with Gasteiger partial charge in [-0.2, -0.15) is 0 Å². The molecule has 0 aliphatic heterocycles. The summed E-state index contributed by atoms with van der Waals surface area (Å²) in [5.74, 6) is 0.0347. The molecule has 5 heteroatoms. The van der Waals surface area contributed by atoms with Crippen molar-refractivity contribution in [3.05, 3.63) is 18.2 Å². The normalized spacial score (nSPS) is 9.77. The van der Waals surface area contributed by atoms with Crippen LogP contribution in [0.5, 0.6) is 11.5 Å². The smallest absolute Gasteiger partial charge is 0.492 e. The Kier molecular flexibility index (Phi) is 3.16. The monoisotopic (exact) mass is 182 g/mol. The zero-order chi connectivity index (χ0) is 9.84. The molecular formula is C8H11BO4. The van der Waals surface area contributed by atoms with Crippen LogP contribution >= 0.6 is 0 Å². The van der Waals surface area contributed by atoms with Crippen molar-refractivity contribution in [3.63, 3.8) is 0 Å². The van der Waals surface area contributed by atoms with Crippen molar-refractivity contribution in [1.82, 2.24) is 0 Å². The van der Waals surface area contributed by atoms with Gasteiger partial charge in [0.25, 0.3) is 0 Å². The number of hydrogen-bond donors (Lipinski definition) is 3. The van der Waals surface area contributed by atoms with Crippen molar-refractivity contribution >= 4 is 12.6 Å². The van der Waals surface area contributed by atoms with Gasteiger partial charge in [-0.1, -0.05) is 12.1 Å². The Hall–Kier alpha value is -1.20. The van der Waals surface area contributed by atoms with Gasteiger partial charge in [0.05, 0.1) is 6.61 Å². The summed E-state index contributed by atoms with van der Waals surface area (Å²) in [6, 6.07) is 4.56. The van der Waals surface area contributed by atoms with Crippen LogP contribution in [0.4, 0.5) is 0 Å². The van der Waals surface area contributed by atoms with Crippen molar-refractivity contribution < 1.29 is 19.9 Å². The topological polar surface area (TPSA) is 69.9 Å². The van der Waals surface area contributed by atoms with Gasteiger partial charge in [0.15, 0.2) is 11.5 Å². The highest BCUT2D eigenvalue weighted by Crippen LogP contribution is 2.22. The van der Waals surface area contributed by atoms with Gasteiger partial charge < -0.3 is 19.9 Å². The molecule has 0 aliphatic rings. The van der Waals surface area contributed by atoms with Crippen molar-refractivity contribution in [2.75, 3.05) is 6.61 Å². The summed E-state index contributed by atoms with van der Waals surface area (Å²) < 4.78 is 5.06. The summed E-state index contributed by atoms with van der Waals surface area (Å²) in [5, 5.41) is 27.1. The molecule has 0 aliphatic carbocycles. The fourth-order valence-electron chi connectivity index (χ4n) is 1.02. The van der Waals surface area contributed by atoms with Crippen molar-refractivity contribution in [3.8, 4) is 11.5 Å². The summed E-state index contributed by atoms with van der Waals surface area (Å²) >= 11 is 0. The predicted molar refractivity (Wildman–Crippen MR) is 49.1 cm³/mol. The van der Waals surface area contributed by atoms with E-state index >= 15 is 0 Å². The second-order valence-electron chi connectivity index (χ2n) is 2.50. The Labute approximate surface area is 76.6 Å². The first kappa shape index (κ1) is 9.89. The minimum Gasteiger partial charge on any atom is -0.505 e. The number of rotatable bonds is 3. The zero-order valence-electron chi connectivity index (χ0n) is 7.27. The third-order valence-electron chi connectivity index (χ3n) is 1.61. The molecule has 0 amide bonds. The van der Waals surface area contributed by atoms with Gasteiger partial charge in [0.2, 0.25) is 0 Å². The van der Waals surface area contributed by atoms with Gasteiger partial charge in [-0.25, -0.2) is 0 Å². The molecular weight excluding hydrogens is 171 g/mol. The fraction of sp³-hybridized carbons (Fsp3) is 0.250. The second-order valence-corrected chi connectivity index (χ2v) is 2.50. The van der Waals surface area contributed by atoms with Crippen LogP contribution < -0.4 is 10.2 Å². The molecule has 4 nitrogen and oxygen atoms in total. The molecule has 0 saturated heterocycles. The van der Waals surface area contributed by atoms with Crippen molar-refractivity contribution in [1.29, 1.82) is 0 Å². The zero-order valence-corrected chi connectivity index (χ0v) is 7.27. The summed E-state index contributed by atoms with van der Waals surface area (Å²) in [7, 11) is -1.68. The summed E-state index contributed by atoms with van der Waals surface area (Å²) in [6.45, 7) is 2.19. The van der Waals surface area contributed by atoms with Crippen LogP contribution in [0.25, 0.3) is 0 Å². The van der Waals surface area contributed by atoms with E-state index in [0.717, 1.165) is 0 Å².